The average molecular weight is 405 g/mol. The van der Waals surface area contributed by atoms with Crippen molar-refractivity contribution in [1.82, 2.24) is 10.2 Å². The van der Waals surface area contributed by atoms with E-state index in [0.29, 0.717) is 28.9 Å². The summed E-state index contributed by atoms with van der Waals surface area (Å²) in [7, 11) is 0. The highest BCUT2D eigenvalue weighted by molar-refractivity contribution is 6.35. The third-order valence-electron chi connectivity index (χ3n) is 4.01. The second-order valence-corrected chi connectivity index (χ2v) is 6.88. The number of amides is 3. The number of rotatable bonds is 6. The molecule has 1 heterocycles. The third kappa shape index (κ3) is 4.62. The first-order valence-corrected chi connectivity index (χ1v) is 9.25. The summed E-state index contributed by atoms with van der Waals surface area (Å²) in [6, 6.07) is 12.1. The van der Waals surface area contributed by atoms with E-state index in [4.69, 9.17) is 27.9 Å². The molecule has 1 saturated heterocycles. The van der Waals surface area contributed by atoms with Gasteiger partial charge in [-0.25, -0.2) is 4.79 Å². The predicted molar refractivity (Wildman–Crippen MR) is 106 cm³/mol. The number of imide groups is 1. The first kappa shape index (κ1) is 19.3. The van der Waals surface area contributed by atoms with E-state index in [2.05, 4.69) is 5.32 Å². The van der Waals surface area contributed by atoms with E-state index < -0.39 is 0 Å². The Bertz CT molecular complexity index is 895. The van der Waals surface area contributed by atoms with Crippen molar-refractivity contribution in [2.45, 2.75) is 20.0 Å². The number of urea groups is 1. The minimum Gasteiger partial charge on any atom is -0.489 e. The molecule has 1 aliphatic rings. The van der Waals surface area contributed by atoms with E-state index in [0.717, 1.165) is 17.5 Å². The topological polar surface area (TPSA) is 58.6 Å². The lowest BCUT2D eigenvalue weighted by Gasteiger charge is -2.09. The number of hydrogen-bond donors (Lipinski definition) is 1. The fourth-order valence-electron chi connectivity index (χ4n) is 2.63. The molecule has 2 aromatic rings. The summed E-state index contributed by atoms with van der Waals surface area (Å²) in [5, 5.41) is 3.73. The zero-order chi connectivity index (χ0) is 19.4. The molecule has 7 heteroatoms. The van der Waals surface area contributed by atoms with Gasteiger partial charge < -0.3 is 10.1 Å². The number of ether oxygens (including phenoxy) is 1. The van der Waals surface area contributed by atoms with E-state index in [-0.39, 0.29) is 17.6 Å². The van der Waals surface area contributed by atoms with Crippen LogP contribution in [0, 0.1) is 0 Å². The molecule has 140 valence electrons. The lowest BCUT2D eigenvalue weighted by molar-refractivity contribution is -0.122. The van der Waals surface area contributed by atoms with Crippen molar-refractivity contribution in [1.29, 1.82) is 0 Å². The van der Waals surface area contributed by atoms with Gasteiger partial charge in [0.15, 0.2) is 0 Å². The largest absolute Gasteiger partial charge is 0.489 e. The number of benzene rings is 2. The van der Waals surface area contributed by atoms with Gasteiger partial charge >= 0.3 is 6.03 Å². The van der Waals surface area contributed by atoms with Gasteiger partial charge in [0, 0.05) is 22.2 Å². The van der Waals surface area contributed by atoms with Gasteiger partial charge in [0.2, 0.25) is 0 Å². The first-order chi connectivity index (χ1) is 13.0. The molecule has 2 aromatic carbocycles. The van der Waals surface area contributed by atoms with E-state index in [1.807, 2.05) is 25.1 Å². The van der Waals surface area contributed by atoms with Gasteiger partial charge in [-0.3, -0.25) is 9.69 Å². The van der Waals surface area contributed by atoms with Crippen LogP contribution < -0.4 is 10.1 Å². The molecule has 1 N–H and O–H groups in total. The van der Waals surface area contributed by atoms with E-state index >= 15 is 0 Å². The molecular formula is C20H18Cl2N2O3. The minimum absolute atomic E-state index is 0.273. The van der Waals surface area contributed by atoms with Crippen LogP contribution in [0.25, 0.3) is 6.08 Å². The van der Waals surface area contributed by atoms with Crippen LogP contribution in [0.4, 0.5) is 4.79 Å². The van der Waals surface area contributed by atoms with Crippen molar-refractivity contribution in [2.75, 3.05) is 6.54 Å². The molecule has 3 amide bonds. The van der Waals surface area contributed by atoms with Gasteiger partial charge in [-0.05, 0) is 42.3 Å². The fourth-order valence-corrected chi connectivity index (χ4v) is 3.09. The molecule has 0 saturated carbocycles. The Morgan fingerprint density at radius 2 is 1.85 bits per heavy atom. The average Bonchev–Trinajstić information content (AvgIpc) is 2.90. The minimum atomic E-state index is -0.382. The summed E-state index contributed by atoms with van der Waals surface area (Å²) < 4.78 is 5.73. The van der Waals surface area contributed by atoms with Crippen molar-refractivity contribution in [3.05, 3.63) is 69.3 Å². The summed E-state index contributed by atoms with van der Waals surface area (Å²) >= 11 is 12.0. The Labute approximate surface area is 167 Å². The van der Waals surface area contributed by atoms with Gasteiger partial charge in [0.05, 0.1) is 0 Å². The maximum atomic E-state index is 12.2. The highest BCUT2D eigenvalue weighted by atomic mass is 35.5. The van der Waals surface area contributed by atoms with Gasteiger partial charge in [-0.15, -0.1) is 0 Å². The predicted octanol–water partition coefficient (Wildman–Crippen LogP) is 4.88. The molecule has 0 spiro atoms. The van der Waals surface area contributed by atoms with Crippen molar-refractivity contribution in [3.63, 3.8) is 0 Å². The number of nitrogens with zero attached hydrogens (tertiary/aromatic N) is 1. The standard InChI is InChI=1S/C20H18Cl2N2O3/c1-2-9-24-19(25)18(23-20(24)26)10-13-3-7-16(8-4-13)27-12-14-5-6-15(21)11-17(14)22/h3-8,10-11H,2,9,12H2,1H3,(H,23,26)/b18-10+. The summed E-state index contributed by atoms with van der Waals surface area (Å²) in [4.78, 5) is 25.2. The van der Waals surface area contributed by atoms with Crippen molar-refractivity contribution < 1.29 is 14.3 Å². The van der Waals surface area contributed by atoms with Crippen LogP contribution in [-0.4, -0.2) is 23.4 Å². The van der Waals surface area contributed by atoms with Gasteiger partial charge in [-0.1, -0.05) is 48.3 Å². The van der Waals surface area contributed by atoms with Crippen molar-refractivity contribution in [2.24, 2.45) is 0 Å². The summed E-state index contributed by atoms with van der Waals surface area (Å²) in [6.45, 7) is 2.64. The smallest absolute Gasteiger partial charge is 0.329 e. The van der Waals surface area contributed by atoms with E-state index in [9.17, 15) is 9.59 Å². The van der Waals surface area contributed by atoms with E-state index in [1.165, 1.54) is 4.90 Å². The Morgan fingerprint density at radius 1 is 1.11 bits per heavy atom. The number of halogens is 2. The van der Waals surface area contributed by atoms with Crippen LogP contribution in [0.3, 0.4) is 0 Å². The molecule has 1 fully saturated rings. The number of carbonyl (C=O) groups excluding carboxylic acids is 2. The zero-order valence-corrected chi connectivity index (χ0v) is 16.2. The molecule has 0 bridgehead atoms. The lowest BCUT2D eigenvalue weighted by Crippen LogP contribution is -2.31. The van der Waals surface area contributed by atoms with Gasteiger partial charge in [0.25, 0.3) is 5.91 Å². The van der Waals surface area contributed by atoms with E-state index in [1.54, 1.807) is 30.3 Å². The first-order valence-electron chi connectivity index (χ1n) is 8.49. The van der Waals surface area contributed by atoms with Crippen LogP contribution in [0.15, 0.2) is 48.2 Å². The Hall–Kier alpha value is -2.50. The Balaban J connectivity index is 1.65. The van der Waals surface area contributed by atoms with Crippen LogP contribution in [-0.2, 0) is 11.4 Å². The number of carbonyl (C=O) groups is 2. The highest BCUT2D eigenvalue weighted by Crippen LogP contribution is 2.23. The normalized spacial score (nSPS) is 15.4. The van der Waals surface area contributed by atoms with Crippen LogP contribution >= 0.6 is 23.2 Å². The third-order valence-corrected chi connectivity index (χ3v) is 4.60. The Kier molecular flexibility index (Phi) is 6.04. The van der Waals surface area contributed by atoms with Crippen LogP contribution in [0.5, 0.6) is 5.75 Å². The lowest BCUT2D eigenvalue weighted by atomic mass is 10.2. The molecule has 0 radical (unpaired) electrons. The monoisotopic (exact) mass is 404 g/mol. The van der Waals surface area contributed by atoms with Gasteiger partial charge in [-0.2, -0.15) is 0 Å². The number of hydrogen-bond acceptors (Lipinski definition) is 3. The van der Waals surface area contributed by atoms with Crippen LogP contribution in [0.1, 0.15) is 24.5 Å². The fraction of sp³-hybridized carbons (Fsp3) is 0.200. The maximum absolute atomic E-state index is 12.2. The molecule has 1 aliphatic heterocycles. The summed E-state index contributed by atoms with van der Waals surface area (Å²) in [5.74, 6) is 0.358. The quantitative estimate of drug-likeness (QED) is 0.551. The molecule has 0 atom stereocenters. The van der Waals surface area contributed by atoms with Crippen molar-refractivity contribution in [3.8, 4) is 5.75 Å². The molecule has 0 aliphatic carbocycles. The molecular weight excluding hydrogens is 387 g/mol. The SMILES string of the molecule is CCCN1C(=O)N/C(=C/c2ccc(OCc3ccc(Cl)cc3Cl)cc2)C1=O. The molecule has 5 nitrogen and oxygen atoms in total. The van der Waals surface area contributed by atoms with Crippen LogP contribution in [0.2, 0.25) is 10.0 Å². The molecule has 27 heavy (non-hydrogen) atoms. The Morgan fingerprint density at radius 3 is 2.52 bits per heavy atom. The molecule has 0 aromatic heterocycles. The van der Waals surface area contributed by atoms with Gasteiger partial charge in [0.1, 0.15) is 18.1 Å². The maximum Gasteiger partial charge on any atom is 0.329 e. The second-order valence-electron chi connectivity index (χ2n) is 6.04. The molecule has 0 unspecified atom stereocenters. The molecule has 3 rings (SSSR count). The second kappa shape index (κ2) is 8.46. The summed E-state index contributed by atoms with van der Waals surface area (Å²) in [5.41, 5.74) is 1.89. The summed E-state index contributed by atoms with van der Waals surface area (Å²) in [6.07, 6.45) is 2.37. The number of nitrogens with one attached hydrogen (secondary N) is 1. The van der Waals surface area contributed by atoms with Crippen molar-refractivity contribution >= 4 is 41.2 Å². The zero-order valence-electron chi connectivity index (χ0n) is 14.7. The highest BCUT2D eigenvalue weighted by Gasteiger charge is 2.32.